The van der Waals surface area contributed by atoms with Crippen LogP contribution in [0.5, 0.6) is 0 Å². The highest BCUT2D eigenvalue weighted by molar-refractivity contribution is 6.11. The highest BCUT2D eigenvalue weighted by atomic mass is 15.0. The zero-order chi connectivity index (χ0) is 32.2. The normalized spacial score (nSPS) is 11.3. The number of aromatic nitrogens is 2. The molecular weight excluding hydrogens is 585 g/mol. The van der Waals surface area contributed by atoms with Crippen LogP contribution in [0.25, 0.3) is 82.1 Å². The molecule has 2 heterocycles. The molecule has 0 unspecified atom stereocenters. The maximum atomic E-state index is 10.3. The lowest BCUT2D eigenvalue weighted by molar-refractivity contribution is 1.18. The van der Waals surface area contributed by atoms with E-state index in [1.807, 2.05) is 18.2 Å². The molecule has 2 aromatic heterocycles. The minimum Gasteiger partial charge on any atom is -0.310 e. The summed E-state index contributed by atoms with van der Waals surface area (Å²) < 4.78 is 4.51. The zero-order valence-corrected chi connectivity index (χ0v) is 25.8. The molecule has 0 radical (unpaired) electrons. The minimum atomic E-state index is 0.617. The summed E-state index contributed by atoms with van der Waals surface area (Å²) in [4.78, 5) is 3.72. The lowest BCUT2D eigenvalue weighted by atomic mass is 9.96. The number of nitrogens with zero attached hydrogens (tertiary/aromatic N) is 4. The first-order valence-electron chi connectivity index (χ1n) is 15.9. The Morgan fingerprint density at radius 3 is 1.65 bits per heavy atom. The van der Waals surface area contributed by atoms with Gasteiger partial charge in [0.15, 0.2) is 5.69 Å². The molecule has 0 aliphatic rings. The number of fused-ring (bicyclic) bond motifs is 6. The SMILES string of the molecule is [C-]#[N+]c1ccc2c3ccccc3n(-c3ccccc3-c3ccc(-c4ccc(-n5c6ccccc6c6ccccc65)cc4C#N)cc3)c2c1. The van der Waals surface area contributed by atoms with E-state index in [0.29, 0.717) is 11.3 Å². The van der Waals surface area contributed by atoms with Crippen LogP contribution in [-0.4, -0.2) is 9.13 Å². The first-order chi connectivity index (χ1) is 23.7. The molecule has 222 valence electrons. The number of benzene rings is 7. The predicted molar refractivity (Wildman–Crippen MR) is 197 cm³/mol. The fourth-order valence-corrected chi connectivity index (χ4v) is 7.25. The van der Waals surface area contributed by atoms with Crippen LogP contribution in [0.2, 0.25) is 0 Å². The van der Waals surface area contributed by atoms with Gasteiger partial charge in [-0.1, -0.05) is 115 Å². The molecule has 9 rings (SSSR count). The molecule has 4 heteroatoms. The van der Waals surface area contributed by atoms with Gasteiger partial charge >= 0.3 is 0 Å². The standard InChI is InChI=1S/C44H26N4/c1-46-32-22-24-39-38-13-5-9-17-43(38)48(44(39)27-32)40-14-6-2-10-35(40)30-20-18-29(19-21-30)34-25-23-33(26-31(34)28-45)47-41-15-7-3-11-36(41)37-12-4-8-16-42(37)47/h2-27H. The molecule has 0 aliphatic carbocycles. The van der Waals surface area contributed by atoms with Crippen LogP contribution in [0.3, 0.4) is 0 Å². The Morgan fingerprint density at radius 2 is 1.02 bits per heavy atom. The first-order valence-corrected chi connectivity index (χ1v) is 15.9. The molecule has 4 nitrogen and oxygen atoms in total. The van der Waals surface area contributed by atoms with E-state index in [0.717, 1.165) is 66.5 Å². The lowest BCUT2D eigenvalue weighted by Crippen LogP contribution is -1.97. The number of hydrogen-bond acceptors (Lipinski definition) is 1. The molecule has 0 N–H and O–H groups in total. The van der Waals surface area contributed by atoms with Crippen molar-refractivity contribution in [2.45, 2.75) is 0 Å². The molecule has 0 fully saturated rings. The topological polar surface area (TPSA) is 38.0 Å². The van der Waals surface area contributed by atoms with Crippen molar-refractivity contribution in [3.8, 4) is 39.7 Å². The van der Waals surface area contributed by atoms with Crippen LogP contribution in [0.1, 0.15) is 5.56 Å². The molecule has 0 aliphatic heterocycles. The van der Waals surface area contributed by atoms with Crippen LogP contribution >= 0.6 is 0 Å². The molecule has 0 atom stereocenters. The molecule has 9 aromatic rings. The van der Waals surface area contributed by atoms with Gasteiger partial charge in [-0.3, -0.25) is 0 Å². The Morgan fingerprint density at radius 1 is 0.479 bits per heavy atom. The van der Waals surface area contributed by atoms with Crippen molar-refractivity contribution in [3.63, 3.8) is 0 Å². The largest absolute Gasteiger partial charge is 0.310 e. The second-order valence-electron chi connectivity index (χ2n) is 12.0. The summed E-state index contributed by atoms with van der Waals surface area (Å²) in [6.07, 6.45) is 0. The van der Waals surface area contributed by atoms with Gasteiger partial charge in [0, 0.05) is 38.3 Å². The second kappa shape index (κ2) is 10.9. The molecule has 0 bridgehead atoms. The average Bonchev–Trinajstić information content (AvgIpc) is 3.67. The fraction of sp³-hybridized carbons (Fsp3) is 0. The molecule has 0 spiro atoms. The third kappa shape index (κ3) is 4.14. The second-order valence-corrected chi connectivity index (χ2v) is 12.0. The molecule has 0 amide bonds. The summed E-state index contributed by atoms with van der Waals surface area (Å²) in [5.41, 5.74) is 11.6. The van der Waals surface area contributed by atoms with Crippen LogP contribution < -0.4 is 0 Å². The maximum Gasteiger partial charge on any atom is 0.189 e. The first kappa shape index (κ1) is 27.4. The van der Waals surface area contributed by atoms with Crippen molar-refractivity contribution in [3.05, 3.63) is 175 Å². The van der Waals surface area contributed by atoms with Crippen LogP contribution in [0.15, 0.2) is 158 Å². The quantitative estimate of drug-likeness (QED) is 0.183. The fourth-order valence-electron chi connectivity index (χ4n) is 7.25. The van der Waals surface area contributed by atoms with Crippen LogP contribution in [0.4, 0.5) is 5.69 Å². The maximum absolute atomic E-state index is 10.3. The summed E-state index contributed by atoms with van der Waals surface area (Å²) in [6.45, 7) is 7.63. The van der Waals surface area contributed by atoms with Crippen LogP contribution in [-0.2, 0) is 0 Å². The van der Waals surface area contributed by atoms with E-state index >= 15 is 0 Å². The van der Waals surface area contributed by atoms with Crippen molar-refractivity contribution in [1.29, 1.82) is 5.26 Å². The highest BCUT2D eigenvalue weighted by Gasteiger charge is 2.17. The summed E-state index contributed by atoms with van der Waals surface area (Å²) in [7, 11) is 0. The van der Waals surface area contributed by atoms with Gasteiger partial charge in [-0.2, -0.15) is 5.26 Å². The van der Waals surface area contributed by atoms with Gasteiger partial charge in [0.05, 0.1) is 40.4 Å². The smallest absolute Gasteiger partial charge is 0.189 e. The van der Waals surface area contributed by atoms with E-state index < -0.39 is 0 Å². The van der Waals surface area contributed by atoms with Crippen molar-refractivity contribution in [2.24, 2.45) is 0 Å². The van der Waals surface area contributed by atoms with Gasteiger partial charge in [-0.25, -0.2) is 4.85 Å². The van der Waals surface area contributed by atoms with E-state index in [4.69, 9.17) is 6.57 Å². The Kier molecular flexibility index (Phi) is 6.22. The Balaban J connectivity index is 1.14. The summed E-state index contributed by atoms with van der Waals surface area (Å²) in [5.74, 6) is 0. The number of nitriles is 1. The average molecular weight is 611 g/mol. The lowest BCUT2D eigenvalue weighted by Gasteiger charge is -2.15. The summed E-state index contributed by atoms with van der Waals surface area (Å²) in [5, 5.41) is 15.0. The van der Waals surface area contributed by atoms with Gasteiger partial charge in [-0.15, -0.1) is 0 Å². The van der Waals surface area contributed by atoms with Crippen molar-refractivity contribution < 1.29 is 0 Å². The molecular formula is C44H26N4. The molecule has 0 saturated heterocycles. The Bertz CT molecular complexity index is 2750. The molecule has 7 aromatic carbocycles. The van der Waals surface area contributed by atoms with E-state index in [-0.39, 0.29) is 0 Å². The van der Waals surface area contributed by atoms with Gasteiger partial charge in [0.1, 0.15) is 0 Å². The highest BCUT2D eigenvalue weighted by Crippen LogP contribution is 2.39. The van der Waals surface area contributed by atoms with Gasteiger partial charge < -0.3 is 9.13 Å². The monoisotopic (exact) mass is 610 g/mol. The van der Waals surface area contributed by atoms with Gasteiger partial charge in [0.2, 0.25) is 0 Å². The Hall–Kier alpha value is -6.88. The zero-order valence-electron chi connectivity index (χ0n) is 25.8. The van der Waals surface area contributed by atoms with Gasteiger partial charge in [-0.05, 0) is 59.2 Å². The van der Waals surface area contributed by atoms with Crippen molar-refractivity contribution >= 4 is 49.3 Å². The summed E-state index contributed by atoms with van der Waals surface area (Å²) in [6, 6.07) is 56.7. The summed E-state index contributed by atoms with van der Waals surface area (Å²) >= 11 is 0. The number of rotatable bonds is 4. The Labute approximate surface area is 277 Å². The van der Waals surface area contributed by atoms with E-state index in [2.05, 4.69) is 160 Å². The van der Waals surface area contributed by atoms with Crippen LogP contribution in [0, 0.1) is 17.9 Å². The molecule has 48 heavy (non-hydrogen) atoms. The van der Waals surface area contributed by atoms with E-state index in [9.17, 15) is 5.26 Å². The minimum absolute atomic E-state index is 0.617. The van der Waals surface area contributed by atoms with Crippen molar-refractivity contribution in [1.82, 2.24) is 9.13 Å². The number of hydrogen-bond donors (Lipinski definition) is 0. The third-order valence-electron chi connectivity index (χ3n) is 9.40. The molecule has 0 saturated carbocycles. The number of para-hydroxylation sites is 4. The van der Waals surface area contributed by atoms with E-state index in [1.54, 1.807) is 0 Å². The predicted octanol–water partition coefficient (Wildman–Crippen LogP) is 11.6. The third-order valence-corrected chi connectivity index (χ3v) is 9.40. The van der Waals surface area contributed by atoms with Crippen molar-refractivity contribution in [2.75, 3.05) is 0 Å². The van der Waals surface area contributed by atoms with Gasteiger partial charge in [0.25, 0.3) is 0 Å². The van der Waals surface area contributed by atoms with E-state index in [1.165, 1.54) is 10.8 Å².